The summed E-state index contributed by atoms with van der Waals surface area (Å²) in [5.41, 5.74) is 2.46. The van der Waals surface area contributed by atoms with E-state index in [1.807, 2.05) is 4.90 Å². The van der Waals surface area contributed by atoms with Crippen LogP contribution in [-0.2, 0) is 17.8 Å². The Morgan fingerprint density at radius 1 is 1.19 bits per heavy atom. The first kappa shape index (κ1) is 14.1. The number of hydrogen-bond donors (Lipinski definition) is 1. The van der Waals surface area contributed by atoms with Gasteiger partial charge < -0.3 is 9.80 Å². The van der Waals surface area contributed by atoms with Gasteiger partial charge in [-0.05, 0) is 25.2 Å². The van der Waals surface area contributed by atoms with Crippen LogP contribution in [0.15, 0.2) is 0 Å². The molecule has 1 aromatic rings. The molecule has 0 spiro atoms. The summed E-state index contributed by atoms with van der Waals surface area (Å²) in [7, 11) is 0. The molecule has 3 heterocycles. The molecule has 6 heteroatoms. The van der Waals surface area contributed by atoms with E-state index in [0.29, 0.717) is 31.1 Å². The van der Waals surface area contributed by atoms with Crippen molar-refractivity contribution in [3.8, 4) is 0 Å². The second kappa shape index (κ2) is 5.50. The summed E-state index contributed by atoms with van der Waals surface area (Å²) in [6.07, 6.45) is 2.84. The number of nitrogens with one attached hydrogen (secondary N) is 1. The Bertz CT molecular complexity index is 558. The molecule has 0 radical (unpaired) electrons. The maximum absolute atomic E-state index is 12.6. The first-order valence-electron chi connectivity index (χ1n) is 7.67. The van der Waals surface area contributed by atoms with Gasteiger partial charge in [-0.2, -0.15) is 5.10 Å². The lowest BCUT2D eigenvalue weighted by Gasteiger charge is -2.30. The SMILES string of the molecule is CC(=O)N1CCc2c(C(=O)N3CCC(C)CC3)n[nH]c2C1. The van der Waals surface area contributed by atoms with Gasteiger partial charge in [-0.15, -0.1) is 0 Å². The van der Waals surface area contributed by atoms with E-state index in [2.05, 4.69) is 17.1 Å². The normalized spacial score (nSPS) is 19.5. The summed E-state index contributed by atoms with van der Waals surface area (Å²) < 4.78 is 0. The molecule has 1 N–H and O–H groups in total. The molecule has 3 rings (SSSR count). The van der Waals surface area contributed by atoms with E-state index in [1.54, 1.807) is 11.8 Å². The van der Waals surface area contributed by atoms with Gasteiger partial charge in [0, 0.05) is 32.1 Å². The molecule has 2 amide bonds. The average molecular weight is 290 g/mol. The molecule has 1 saturated heterocycles. The molecule has 6 nitrogen and oxygen atoms in total. The molecule has 0 unspecified atom stereocenters. The summed E-state index contributed by atoms with van der Waals surface area (Å²) >= 11 is 0. The second-order valence-corrected chi connectivity index (χ2v) is 6.19. The average Bonchev–Trinajstić information content (AvgIpc) is 2.90. The number of amides is 2. The summed E-state index contributed by atoms with van der Waals surface area (Å²) in [6, 6.07) is 0. The summed E-state index contributed by atoms with van der Waals surface area (Å²) in [5, 5.41) is 7.18. The summed E-state index contributed by atoms with van der Waals surface area (Å²) in [5.74, 6) is 0.801. The van der Waals surface area contributed by atoms with Gasteiger partial charge in [0.25, 0.3) is 5.91 Å². The Balaban J connectivity index is 1.76. The van der Waals surface area contributed by atoms with Crippen molar-refractivity contribution in [2.24, 2.45) is 5.92 Å². The van der Waals surface area contributed by atoms with E-state index < -0.39 is 0 Å². The Hall–Kier alpha value is -1.85. The van der Waals surface area contributed by atoms with E-state index in [4.69, 9.17) is 0 Å². The monoisotopic (exact) mass is 290 g/mol. The third-order valence-corrected chi connectivity index (χ3v) is 4.65. The maximum Gasteiger partial charge on any atom is 0.274 e. The van der Waals surface area contributed by atoms with Crippen molar-refractivity contribution in [3.63, 3.8) is 0 Å². The number of aromatic nitrogens is 2. The van der Waals surface area contributed by atoms with Crippen LogP contribution >= 0.6 is 0 Å². The Morgan fingerprint density at radius 3 is 2.57 bits per heavy atom. The number of fused-ring (bicyclic) bond motifs is 1. The van der Waals surface area contributed by atoms with Crippen LogP contribution in [0.3, 0.4) is 0 Å². The van der Waals surface area contributed by atoms with E-state index >= 15 is 0 Å². The summed E-state index contributed by atoms with van der Waals surface area (Å²) in [4.78, 5) is 27.7. The van der Waals surface area contributed by atoms with Crippen LogP contribution in [0, 0.1) is 5.92 Å². The minimum atomic E-state index is 0.0377. The van der Waals surface area contributed by atoms with Crippen LogP contribution in [0.1, 0.15) is 48.4 Å². The molecular weight excluding hydrogens is 268 g/mol. The first-order valence-corrected chi connectivity index (χ1v) is 7.67. The molecule has 2 aliphatic rings. The number of rotatable bonds is 1. The Kier molecular flexibility index (Phi) is 3.69. The van der Waals surface area contributed by atoms with Crippen molar-refractivity contribution in [2.75, 3.05) is 19.6 Å². The number of nitrogens with zero attached hydrogens (tertiary/aromatic N) is 3. The zero-order chi connectivity index (χ0) is 15.0. The molecule has 0 bridgehead atoms. The van der Waals surface area contributed by atoms with E-state index in [9.17, 15) is 9.59 Å². The van der Waals surface area contributed by atoms with Crippen molar-refractivity contribution in [1.29, 1.82) is 0 Å². The van der Waals surface area contributed by atoms with E-state index in [1.165, 1.54) is 0 Å². The van der Waals surface area contributed by atoms with Crippen LogP contribution < -0.4 is 0 Å². The second-order valence-electron chi connectivity index (χ2n) is 6.19. The summed E-state index contributed by atoms with van der Waals surface area (Å²) in [6.45, 7) is 6.64. The van der Waals surface area contributed by atoms with Crippen LogP contribution in [0.25, 0.3) is 0 Å². The molecule has 1 aromatic heterocycles. The predicted molar refractivity (Wildman–Crippen MR) is 77.7 cm³/mol. The number of piperidine rings is 1. The highest BCUT2D eigenvalue weighted by molar-refractivity contribution is 5.94. The van der Waals surface area contributed by atoms with Crippen LogP contribution in [0.2, 0.25) is 0 Å². The molecule has 0 aromatic carbocycles. The smallest absolute Gasteiger partial charge is 0.274 e. The Morgan fingerprint density at radius 2 is 1.90 bits per heavy atom. The van der Waals surface area contributed by atoms with Gasteiger partial charge in [-0.25, -0.2) is 0 Å². The lowest BCUT2D eigenvalue weighted by molar-refractivity contribution is -0.129. The van der Waals surface area contributed by atoms with Gasteiger partial charge in [-0.1, -0.05) is 6.92 Å². The highest BCUT2D eigenvalue weighted by Gasteiger charge is 2.29. The third kappa shape index (κ3) is 2.66. The highest BCUT2D eigenvalue weighted by atomic mass is 16.2. The highest BCUT2D eigenvalue weighted by Crippen LogP contribution is 2.23. The fourth-order valence-corrected chi connectivity index (χ4v) is 3.13. The van der Waals surface area contributed by atoms with Crippen molar-refractivity contribution >= 4 is 11.8 Å². The van der Waals surface area contributed by atoms with E-state index in [-0.39, 0.29) is 11.8 Å². The zero-order valence-electron chi connectivity index (χ0n) is 12.7. The molecule has 1 fully saturated rings. The third-order valence-electron chi connectivity index (χ3n) is 4.65. The van der Waals surface area contributed by atoms with Crippen LogP contribution in [0.5, 0.6) is 0 Å². The molecule has 0 saturated carbocycles. The number of likely N-dealkylation sites (tertiary alicyclic amines) is 1. The molecule has 0 aliphatic carbocycles. The van der Waals surface area contributed by atoms with Gasteiger partial charge in [0.15, 0.2) is 5.69 Å². The lowest BCUT2D eigenvalue weighted by Crippen LogP contribution is -2.39. The minimum absolute atomic E-state index is 0.0377. The standard InChI is InChI=1S/C15H22N4O2/c1-10-3-6-18(7-4-10)15(21)14-12-5-8-19(11(2)20)9-13(12)16-17-14/h10H,3-9H2,1-2H3,(H,16,17). The number of carbonyl (C=O) groups excluding carboxylic acids is 2. The van der Waals surface area contributed by atoms with Gasteiger partial charge in [-0.3, -0.25) is 14.7 Å². The van der Waals surface area contributed by atoms with Crippen molar-refractivity contribution < 1.29 is 9.59 Å². The predicted octanol–water partition coefficient (Wildman–Crippen LogP) is 1.19. The molecule has 114 valence electrons. The van der Waals surface area contributed by atoms with Crippen LogP contribution in [-0.4, -0.2) is 51.4 Å². The largest absolute Gasteiger partial charge is 0.337 e. The first-order chi connectivity index (χ1) is 10.1. The van der Waals surface area contributed by atoms with Gasteiger partial charge in [0.1, 0.15) is 0 Å². The van der Waals surface area contributed by atoms with Gasteiger partial charge >= 0.3 is 0 Å². The fraction of sp³-hybridized carbons (Fsp3) is 0.667. The number of carbonyl (C=O) groups is 2. The number of hydrogen-bond acceptors (Lipinski definition) is 3. The lowest BCUT2D eigenvalue weighted by atomic mass is 9.98. The van der Waals surface area contributed by atoms with E-state index in [0.717, 1.165) is 37.2 Å². The molecule has 0 atom stereocenters. The molecule has 2 aliphatic heterocycles. The Labute approximate surface area is 124 Å². The molecule has 21 heavy (non-hydrogen) atoms. The topological polar surface area (TPSA) is 69.3 Å². The van der Waals surface area contributed by atoms with Crippen molar-refractivity contribution in [3.05, 3.63) is 17.0 Å². The van der Waals surface area contributed by atoms with Crippen LogP contribution in [0.4, 0.5) is 0 Å². The van der Waals surface area contributed by atoms with Crippen molar-refractivity contribution in [2.45, 2.75) is 39.7 Å². The fourth-order valence-electron chi connectivity index (χ4n) is 3.13. The van der Waals surface area contributed by atoms with Gasteiger partial charge in [0.2, 0.25) is 5.91 Å². The number of aromatic amines is 1. The van der Waals surface area contributed by atoms with Crippen molar-refractivity contribution in [1.82, 2.24) is 20.0 Å². The minimum Gasteiger partial charge on any atom is -0.337 e. The maximum atomic E-state index is 12.6. The quantitative estimate of drug-likeness (QED) is 0.844. The van der Waals surface area contributed by atoms with Gasteiger partial charge in [0.05, 0.1) is 12.2 Å². The molecular formula is C15H22N4O2. The zero-order valence-corrected chi connectivity index (χ0v) is 12.7. The number of H-pyrrole nitrogens is 1.